The minimum atomic E-state index is -1.07. The Balaban J connectivity index is 1.68. The molecule has 3 rings (SSSR count). The maximum absolute atomic E-state index is 10.7. The van der Waals surface area contributed by atoms with Crippen LogP contribution in [0.15, 0.2) is 24.8 Å². The van der Waals surface area contributed by atoms with Gasteiger partial charge in [0.25, 0.3) is 0 Å². The van der Waals surface area contributed by atoms with Crippen molar-refractivity contribution in [3.8, 4) is 0 Å². The molecule has 2 aromatic heterocycles. The van der Waals surface area contributed by atoms with E-state index in [2.05, 4.69) is 24.8 Å². The molecule has 0 amide bonds. The number of hydrogen-bond acceptors (Lipinski definition) is 5. The van der Waals surface area contributed by atoms with Gasteiger partial charge in [0, 0.05) is 31.4 Å². The predicted octanol–water partition coefficient (Wildman–Crippen LogP) is 0.798. The van der Waals surface area contributed by atoms with Crippen molar-refractivity contribution >= 4 is 11.8 Å². The Morgan fingerprint density at radius 1 is 1.37 bits per heavy atom. The molecule has 0 saturated carbocycles. The number of aryl methyl sites for hydroxylation is 1. The van der Waals surface area contributed by atoms with E-state index in [9.17, 15) is 4.79 Å². The van der Waals surface area contributed by atoms with Crippen LogP contribution in [0.5, 0.6) is 0 Å². The highest BCUT2D eigenvalue weighted by molar-refractivity contribution is 5.84. The fraction of sp³-hybridized carbons (Fsp3) is 0.333. The van der Waals surface area contributed by atoms with Crippen LogP contribution >= 0.6 is 0 Å². The molecule has 0 saturated heterocycles. The number of imidazole rings is 1. The van der Waals surface area contributed by atoms with Gasteiger partial charge < -0.3 is 15.0 Å². The van der Waals surface area contributed by atoms with Crippen LogP contribution in [-0.2, 0) is 13.0 Å². The first-order valence-corrected chi connectivity index (χ1v) is 6.04. The molecule has 1 aliphatic rings. The van der Waals surface area contributed by atoms with Gasteiger partial charge in [-0.3, -0.25) is 0 Å². The number of carbonyl (C=O) groups is 1. The van der Waals surface area contributed by atoms with E-state index in [1.165, 1.54) is 12.4 Å². The smallest absolute Gasteiger partial charge is 0.356 e. The number of hydrogen-bond donors (Lipinski definition) is 2. The standard InChI is InChI=1S/C12H13N5O2/c18-12(19)9-6-15-10(7-14-9)16-8-1-3-17-4-2-13-11(17)5-8/h2,4,6-8H,1,3,5H2,(H,15,16)(H,18,19). The summed E-state index contributed by atoms with van der Waals surface area (Å²) < 4.78 is 2.14. The van der Waals surface area contributed by atoms with Crippen molar-refractivity contribution < 1.29 is 9.90 Å². The molecule has 7 nitrogen and oxygen atoms in total. The van der Waals surface area contributed by atoms with E-state index in [4.69, 9.17) is 5.11 Å². The van der Waals surface area contributed by atoms with Crippen molar-refractivity contribution in [1.29, 1.82) is 0 Å². The first kappa shape index (κ1) is 11.6. The molecule has 0 bridgehead atoms. The summed E-state index contributed by atoms with van der Waals surface area (Å²) in [6.45, 7) is 0.924. The Hall–Kier alpha value is -2.44. The summed E-state index contributed by atoms with van der Waals surface area (Å²) in [6.07, 6.45) is 8.30. The number of fused-ring (bicyclic) bond motifs is 1. The summed E-state index contributed by atoms with van der Waals surface area (Å²) in [5.41, 5.74) is -0.0512. The second kappa shape index (κ2) is 4.68. The van der Waals surface area contributed by atoms with Crippen LogP contribution < -0.4 is 5.32 Å². The zero-order valence-electron chi connectivity index (χ0n) is 10.2. The highest BCUT2D eigenvalue weighted by atomic mass is 16.4. The maximum Gasteiger partial charge on any atom is 0.356 e. The summed E-state index contributed by atoms with van der Waals surface area (Å²) in [6, 6.07) is 0.250. The molecule has 0 spiro atoms. The molecule has 7 heteroatoms. The average molecular weight is 259 g/mol. The third-order valence-corrected chi connectivity index (χ3v) is 3.17. The van der Waals surface area contributed by atoms with Gasteiger partial charge in [-0.2, -0.15) is 0 Å². The minimum Gasteiger partial charge on any atom is -0.476 e. The van der Waals surface area contributed by atoms with E-state index in [-0.39, 0.29) is 11.7 Å². The van der Waals surface area contributed by atoms with Crippen LogP contribution in [0.2, 0.25) is 0 Å². The van der Waals surface area contributed by atoms with Crippen LogP contribution in [0.3, 0.4) is 0 Å². The number of nitrogens with one attached hydrogen (secondary N) is 1. The fourth-order valence-corrected chi connectivity index (χ4v) is 2.20. The molecule has 3 heterocycles. The monoisotopic (exact) mass is 259 g/mol. The van der Waals surface area contributed by atoms with E-state index < -0.39 is 5.97 Å². The first-order valence-electron chi connectivity index (χ1n) is 6.04. The highest BCUT2D eigenvalue weighted by Crippen LogP contribution is 2.16. The molecule has 0 aromatic carbocycles. The number of carboxylic acid groups (broad SMARTS) is 1. The van der Waals surface area contributed by atoms with E-state index in [1.54, 1.807) is 6.20 Å². The first-order chi connectivity index (χ1) is 9.22. The van der Waals surface area contributed by atoms with Crippen molar-refractivity contribution in [1.82, 2.24) is 19.5 Å². The predicted molar refractivity (Wildman–Crippen MR) is 67.0 cm³/mol. The quantitative estimate of drug-likeness (QED) is 0.846. The van der Waals surface area contributed by atoms with Gasteiger partial charge in [0.15, 0.2) is 5.69 Å². The van der Waals surface area contributed by atoms with Gasteiger partial charge >= 0.3 is 5.97 Å². The summed E-state index contributed by atoms with van der Waals surface area (Å²) in [4.78, 5) is 22.9. The number of anilines is 1. The Kier molecular flexibility index (Phi) is 2.86. The Morgan fingerprint density at radius 2 is 2.26 bits per heavy atom. The Labute approximate surface area is 109 Å². The number of rotatable bonds is 3. The third-order valence-electron chi connectivity index (χ3n) is 3.17. The van der Waals surface area contributed by atoms with Gasteiger partial charge in [0.2, 0.25) is 0 Å². The summed E-state index contributed by atoms with van der Waals surface area (Å²) in [5, 5.41) is 12.0. The SMILES string of the molecule is O=C(O)c1cnc(NC2CCn3ccnc3C2)cn1. The summed E-state index contributed by atoms with van der Waals surface area (Å²) >= 11 is 0. The van der Waals surface area contributed by atoms with Crippen molar-refractivity contribution in [2.24, 2.45) is 0 Å². The molecule has 1 unspecified atom stereocenters. The van der Waals surface area contributed by atoms with Crippen molar-refractivity contribution in [3.63, 3.8) is 0 Å². The summed E-state index contributed by atoms with van der Waals surface area (Å²) in [7, 11) is 0. The lowest BCUT2D eigenvalue weighted by Crippen LogP contribution is -2.30. The second-order valence-corrected chi connectivity index (χ2v) is 4.46. The molecule has 98 valence electrons. The van der Waals surface area contributed by atoms with Crippen molar-refractivity contribution in [2.45, 2.75) is 25.4 Å². The highest BCUT2D eigenvalue weighted by Gasteiger charge is 2.19. The fourth-order valence-electron chi connectivity index (χ4n) is 2.20. The van der Waals surface area contributed by atoms with Crippen molar-refractivity contribution in [3.05, 3.63) is 36.3 Å². The van der Waals surface area contributed by atoms with E-state index in [1.807, 2.05) is 6.20 Å². The number of aromatic carboxylic acids is 1. The lowest BCUT2D eigenvalue weighted by Gasteiger charge is -2.24. The van der Waals surface area contributed by atoms with Gasteiger partial charge in [0.05, 0.1) is 12.4 Å². The van der Waals surface area contributed by atoms with Gasteiger partial charge in [-0.05, 0) is 6.42 Å². The minimum absolute atomic E-state index is 0.0512. The van der Waals surface area contributed by atoms with Crippen molar-refractivity contribution in [2.75, 3.05) is 5.32 Å². The zero-order valence-corrected chi connectivity index (χ0v) is 10.2. The van der Waals surface area contributed by atoms with E-state index >= 15 is 0 Å². The number of nitrogens with zero attached hydrogens (tertiary/aromatic N) is 4. The second-order valence-electron chi connectivity index (χ2n) is 4.46. The van der Waals surface area contributed by atoms with Gasteiger partial charge in [-0.25, -0.2) is 19.7 Å². The average Bonchev–Trinajstić information content (AvgIpc) is 2.87. The molecule has 0 fully saturated rings. The van der Waals surface area contributed by atoms with E-state index in [0.29, 0.717) is 5.82 Å². The Bertz CT molecular complexity index is 592. The normalized spacial score (nSPS) is 17.8. The van der Waals surface area contributed by atoms with Crippen LogP contribution in [0, 0.1) is 0 Å². The third kappa shape index (κ3) is 2.40. The number of aromatic nitrogens is 4. The summed E-state index contributed by atoms with van der Waals surface area (Å²) in [5.74, 6) is 0.576. The topological polar surface area (TPSA) is 92.9 Å². The molecule has 2 N–H and O–H groups in total. The number of carboxylic acids is 1. The molecule has 19 heavy (non-hydrogen) atoms. The molecule has 2 aromatic rings. The maximum atomic E-state index is 10.7. The molecular formula is C12H13N5O2. The zero-order chi connectivity index (χ0) is 13.2. The lowest BCUT2D eigenvalue weighted by atomic mass is 10.1. The van der Waals surface area contributed by atoms with Crippen LogP contribution in [0.25, 0.3) is 0 Å². The van der Waals surface area contributed by atoms with Gasteiger partial charge in [-0.1, -0.05) is 0 Å². The van der Waals surface area contributed by atoms with Crippen LogP contribution in [0.1, 0.15) is 22.7 Å². The largest absolute Gasteiger partial charge is 0.476 e. The Morgan fingerprint density at radius 3 is 3.00 bits per heavy atom. The molecule has 0 aliphatic carbocycles. The van der Waals surface area contributed by atoms with Crippen LogP contribution in [-0.4, -0.2) is 36.6 Å². The van der Waals surface area contributed by atoms with Gasteiger partial charge in [0.1, 0.15) is 11.6 Å². The lowest BCUT2D eigenvalue weighted by molar-refractivity contribution is 0.0690. The molecular weight excluding hydrogens is 246 g/mol. The molecule has 0 radical (unpaired) electrons. The van der Waals surface area contributed by atoms with Gasteiger partial charge in [-0.15, -0.1) is 0 Å². The van der Waals surface area contributed by atoms with E-state index in [0.717, 1.165) is 25.2 Å². The van der Waals surface area contributed by atoms with Crippen LogP contribution in [0.4, 0.5) is 5.82 Å². The molecule has 1 atom stereocenters. The molecule has 1 aliphatic heterocycles.